The number of para-hydroxylation sites is 2. The lowest BCUT2D eigenvalue weighted by Gasteiger charge is -2.13. The van der Waals surface area contributed by atoms with Gasteiger partial charge in [0.2, 0.25) is 0 Å². The van der Waals surface area contributed by atoms with E-state index in [4.69, 9.17) is 9.47 Å². The van der Waals surface area contributed by atoms with Gasteiger partial charge in [0.25, 0.3) is 11.8 Å². The van der Waals surface area contributed by atoms with E-state index in [0.29, 0.717) is 35.9 Å². The molecule has 6 heteroatoms. The monoisotopic (exact) mass is 368 g/mol. The van der Waals surface area contributed by atoms with Crippen LogP contribution in [0.3, 0.4) is 0 Å². The molecule has 1 atom stereocenters. The fourth-order valence-electron chi connectivity index (χ4n) is 2.85. The summed E-state index contributed by atoms with van der Waals surface area (Å²) in [5.41, 5.74) is 1.63. The van der Waals surface area contributed by atoms with Crippen LogP contribution in [-0.4, -0.2) is 31.1 Å². The molecule has 2 N–H and O–H groups in total. The highest BCUT2D eigenvalue weighted by atomic mass is 16.5. The Kier molecular flexibility index (Phi) is 6.44. The molecule has 27 heavy (non-hydrogen) atoms. The first-order valence-electron chi connectivity index (χ1n) is 9.23. The molecule has 1 unspecified atom stereocenters. The van der Waals surface area contributed by atoms with E-state index in [9.17, 15) is 9.59 Å². The Balaban J connectivity index is 1.68. The van der Waals surface area contributed by atoms with Crippen molar-refractivity contribution < 1.29 is 19.1 Å². The smallest absolute Gasteiger partial charge is 0.255 e. The average Bonchev–Trinajstić information content (AvgIpc) is 3.22. The first kappa shape index (κ1) is 18.9. The number of amides is 2. The number of carbonyl (C=O) groups excluding carboxylic acids is 2. The Morgan fingerprint density at radius 1 is 1.15 bits per heavy atom. The van der Waals surface area contributed by atoms with Gasteiger partial charge in [0, 0.05) is 17.9 Å². The van der Waals surface area contributed by atoms with Gasteiger partial charge in [0.05, 0.1) is 12.3 Å². The summed E-state index contributed by atoms with van der Waals surface area (Å²) in [5.74, 6) is 0.190. The number of nitrogens with one attached hydrogen (secondary N) is 2. The molecule has 1 aliphatic heterocycles. The second-order valence-corrected chi connectivity index (χ2v) is 6.37. The van der Waals surface area contributed by atoms with E-state index in [2.05, 4.69) is 10.6 Å². The number of benzene rings is 2. The fourth-order valence-corrected chi connectivity index (χ4v) is 2.85. The van der Waals surface area contributed by atoms with Gasteiger partial charge in [-0.3, -0.25) is 9.59 Å². The minimum atomic E-state index is -0.412. The topological polar surface area (TPSA) is 76.7 Å². The van der Waals surface area contributed by atoms with Crippen LogP contribution in [0.5, 0.6) is 5.75 Å². The molecule has 0 aliphatic carbocycles. The maximum absolute atomic E-state index is 12.6. The highest BCUT2D eigenvalue weighted by Gasteiger charge is 2.23. The van der Waals surface area contributed by atoms with Crippen molar-refractivity contribution in [2.75, 3.05) is 23.8 Å². The zero-order valence-electron chi connectivity index (χ0n) is 15.4. The van der Waals surface area contributed by atoms with Crippen molar-refractivity contribution in [2.45, 2.75) is 32.3 Å². The third-order valence-electron chi connectivity index (χ3n) is 4.21. The third-order valence-corrected chi connectivity index (χ3v) is 4.21. The van der Waals surface area contributed by atoms with Gasteiger partial charge in [0.15, 0.2) is 0 Å². The van der Waals surface area contributed by atoms with Gasteiger partial charge in [-0.05, 0) is 49.6 Å². The highest BCUT2D eigenvalue weighted by Crippen LogP contribution is 2.25. The molecule has 0 spiro atoms. The third kappa shape index (κ3) is 5.08. The van der Waals surface area contributed by atoms with Gasteiger partial charge < -0.3 is 20.1 Å². The van der Waals surface area contributed by atoms with Crippen molar-refractivity contribution >= 4 is 23.2 Å². The molecular formula is C21H24N2O4. The van der Waals surface area contributed by atoms with E-state index in [0.717, 1.165) is 19.3 Å². The molecule has 0 radical (unpaired) electrons. The number of ether oxygens (including phenoxy) is 2. The molecule has 6 nitrogen and oxygen atoms in total. The molecule has 1 aliphatic rings. The number of rotatable bonds is 7. The summed E-state index contributed by atoms with van der Waals surface area (Å²) in [5, 5.41) is 5.68. The van der Waals surface area contributed by atoms with Gasteiger partial charge in [-0.2, -0.15) is 0 Å². The van der Waals surface area contributed by atoms with E-state index in [1.807, 2.05) is 25.1 Å². The first-order valence-corrected chi connectivity index (χ1v) is 9.23. The van der Waals surface area contributed by atoms with Crippen LogP contribution in [0, 0.1) is 0 Å². The van der Waals surface area contributed by atoms with Gasteiger partial charge in [-0.15, -0.1) is 0 Å². The summed E-state index contributed by atoms with van der Waals surface area (Å²) in [6.07, 6.45) is 2.08. The van der Waals surface area contributed by atoms with Crippen LogP contribution in [0.1, 0.15) is 36.5 Å². The van der Waals surface area contributed by atoms with Crippen LogP contribution in [0.15, 0.2) is 48.5 Å². The summed E-state index contributed by atoms with van der Waals surface area (Å²) in [6, 6.07) is 14.2. The van der Waals surface area contributed by atoms with Gasteiger partial charge in [0.1, 0.15) is 11.9 Å². The van der Waals surface area contributed by atoms with E-state index < -0.39 is 6.10 Å². The molecule has 142 valence electrons. The van der Waals surface area contributed by atoms with Crippen molar-refractivity contribution in [3.63, 3.8) is 0 Å². The van der Waals surface area contributed by atoms with Gasteiger partial charge in [-0.1, -0.05) is 25.1 Å². The average molecular weight is 368 g/mol. The summed E-state index contributed by atoms with van der Waals surface area (Å²) in [4.78, 5) is 24.8. The lowest BCUT2D eigenvalue weighted by atomic mass is 10.1. The summed E-state index contributed by atoms with van der Waals surface area (Å²) >= 11 is 0. The van der Waals surface area contributed by atoms with Crippen LogP contribution in [0.2, 0.25) is 0 Å². The van der Waals surface area contributed by atoms with Crippen LogP contribution in [0.4, 0.5) is 11.4 Å². The molecule has 2 aromatic rings. The van der Waals surface area contributed by atoms with Crippen molar-refractivity contribution in [1.29, 1.82) is 0 Å². The number of hydrogen-bond acceptors (Lipinski definition) is 4. The molecule has 0 bridgehead atoms. The number of hydrogen-bond donors (Lipinski definition) is 2. The lowest BCUT2D eigenvalue weighted by Crippen LogP contribution is -2.27. The molecule has 1 saturated heterocycles. The van der Waals surface area contributed by atoms with Gasteiger partial charge >= 0.3 is 0 Å². The molecule has 3 rings (SSSR count). The van der Waals surface area contributed by atoms with Crippen molar-refractivity contribution in [3.8, 4) is 5.75 Å². The maximum atomic E-state index is 12.6. The van der Waals surface area contributed by atoms with Crippen LogP contribution < -0.4 is 15.4 Å². The zero-order valence-corrected chi connectivity index (χ0v) is 15.4. The number of carbonyl (C=O) groups is 2. The van der Waals surface area contributed by atoms with E-state index in [1.165, 1.54) is 0 Å². The Labute approximate surface area is 158 Å². The van der Waals surface area contributed by atoms with Crippen molar-refractivity contribution in [1.82, 2.24) is 0 Å². The summed E-state index contributed by atoms with van der Waals surface area (Å²) in [6.45, 7) is 3.22. The normalized spacial score (nSPS) is 16.0. The first-order chi connectivity index (χ1) is 13.2. The molecule has 1 heterocycles. The Morgan fingerprint density at radius 3 is 2.78 bits per heavy atom. The summed E-state index contributed by atoms with van der Waals surface area (Å²) < 4.78 is 11.1. The summed E-state index contributed by atoms with van der Waals surface area (Å²) in [7, 11) is 0. The molecular weight excluding hydrogens is 344 g/mol. The Hall–Kier alpha value is -2.86. The molecule has 0 aromatic heterocycles. The maximum Gasteiger partial charge on any atom is 0.255 e. The highest BCUT2D eigenvalue weighted by molar-refractivity contribution is 6.06. The molecule has 1 fully saturated rings. The zero-order chi connectivity index (χ0) is 19.1. The van der Waals surface area contributed by atoms with Crippen LogP contribution in [-0.2, 0) is 9.53 Å². The number of anilines is 2. The van der Waals surface area contributed by atoms with Gasteiger partial charge in [-0.25, -0.2) is 0 Å². The molecule has 0 saturated carbocycles. The lowest BCUT2D eigenvalue weighted by molar-refractivity contribution is -0.124. The second-order valence-electron chi connectivity index (χ2n) is 6.37. The predicted octanol–water partition coefficient (Wildman–Crippen LogP) is 3.85. The molecule has 2 aromatic carbocycles. The predicted molar refractivity (Wildman–Crippen MR) is 104 cm³/mol. The minimum Gasteiger partial charge on any atom is -0.491 e. The Morgan fingerprint density at radius 2 is 2.00 bits per heavy atom. The Bertz CT molecular complexity index is 800. The van der Waals surface area contributed by atoms with E-state index in [-0.39, 0.29) is 11.8 Å². The molecule has 2 amide bonds. The quantitative estimate of drug-likeness (QED) is 0.778. The SMILES string of the molecule is CCCOc1ccccc1NC(=O)c1cccc(NC(=O)C2CCCO2)c1. The second kappa shape index (κ2) is 9.19. The van der Waals surface area contributed by atoms with Crippen LogP contribution in [0.25, 0.3) is 0 Å². The van der Waals surface area contributed by atoms with E-state index >= 15 is 0 Å². The largest absolute Gasteiger partial charge is 0.491 e. The van der Waals surface area contributed by atoms with Crippen LogP contribution >= 0.6 is 0 Å². The standard InChI is InChI=1S/C21H24N2O4/c1-2-12-26-18-10-4-3-9-17(18)23-20(24)15-7-5-8-16(14-15)22-21(25)19-11-6-13-27-19/h3-5,7-10,14,19H,2,6,11-13H2,1H3,(H,22,25)(H,23,24). The van der Waals surface area contributed by atoms with Crippen molar-refractivity contribution in [3.05, 3.63) is 54.1 Å². The van der Waals surface area contributed by atoms with E-state index in [1.54, 1.807) is 30.3 Å². The minimum absolute atomic E-state index is 0.177. The fraction of sp³-hybridized carbons (Fsp3) is 0.333. The van der Waals surface area contributed by atoms with Crippen molar-refractivity contribution in [2.24, 2.45) is 0 Å².